The van der Waals surface area contributed by atoms with Crippen molar-refractivity contribution in [1.82, 2.24) is 9.55 Å². The molecule has 1 heterocycles. The van der Waals surface area contributed by atoms with Crippen LogP contribution in [0.5, 0.6) is 5.75 Å². The van der Waals surface area contributed by atoms with Gasteiger partial charge in [-0.3, -0.25) is 0 Å². The Morgan fingerprint density at radius 3 is 2.74 bits per heavy atom. The van der Waals surface area contributed by atoms with Gasteiger partial charge in [-0.25, -0.2) is 9.78 Å². The quantitative estimate of drug-likeness (QED) is 0.816. The molecule has 1 aromatic heterocycles. The average Bonchev–Trinajstić information content (AvgIpc) is 2.65. The van der Waals surface area contributed by atoms with Crippen LogP contribution in [0.25, 0.3) is 11.0 Å². The minimum atomic E-state index is -3.03. The number of carbonyl (C=O) groups is 1. The summed E-state index contributed by atoms with van der Waals surface area (Å²) in [6.07, 6.45) is 0. The van der Waals surface area contributed by atoms with Gasteiger partial charge in [0.25, 0.3) is 0 Å². The van der Waals surface area contributed by atoms with E-state index in [-0.39, 0.29) is 22.1 Å². The van der Waals surface area contributed by atoms with E-state index >= 15 is 0 Å². The highest BCUT2D eigenvalue weighted by molar-refractivity contribution is 6.29. The fraction of sp³-hybridized carbons (Fsp3) is 0.273. The number of benzene rings is 1. The largest absolute Gasteiger partial charge is 0.465 e. The van der Waals surface area contributed by atoms with Crippen molar-refractivity contribution in [3.8, 4) is 5.75 Å². The monoisotopic (exact) mass is 290 g/mol. The van der Waals surface area contributed by atoms with Gasteiger partial charge in [0.2, 0.25) is 5.28 Å². The lowest BCUT2D eigenvalue weighted by molar-refractivity contribution is -0.0489. The van der Waals surface area contributed by atoms with Crippen LogP contribution in [0.4, 0.5) is 8.78 Å². The molecule has 102 valence electrons. The van der Waals surface area contributed by atoms with Crippen LogP contribution in [0.3, 0.4) is 0 Å². The summed E-state index contributed by atoms with van der Waals surface area (Å²) in [7, 11) is 2.78. The van der Waals surface area contributed by atoms with E-state index in [4.69, 9.17) is 11.6 Å². The van der Waals surface area contributed by atoms with Crippen LogP contribution >= 0.6 is 11.6 Å². The van der Waals surface area contributed by atoms with E-state index < -0.39 is 12.6 Å². The lowest BCUT2D eigenvalue weighted by Gasteiger charge is -2.07. The first-order chi connectivity index (χ1) is 8.93. The lowest BCUT2D eigenvalue weighted by Crippen LogP contribution is -2.06. The third kappa shape index (κ3) is 2.46. The molecular weight excluding hydrogens is 282 g/mol. The Morgan fingerprint density at radius 2 is 2.16 bits per heavy atom. The molecule has 2 rings (SSSR count). The highest BCUT2D eigenvalue weighted by atomic mass is 35.5. The van der Waals surface area contributed by atoms with Gasteiger partial charge in [-0.1, -0.05) is 0 Å². The SMILES string of the molecule is COC(=O)c1cc(OC(F)F)c2nc(Cl)n(C)c2c1. The van der Waals surface area contributed by atoms with Crippen molar-refractivity contribution in [2.75, 3.05) is 7.11 Å². The average molecular weight is 291 g/mol. The van der Waals surface area contributed by atoms with Gasteiger partial charge in [0.15, 0.2) is 5.75 Å². The smallest absolute Gasteiger partial charge is 0.387 e. The van der Waals surface area contributed by atoms with Gasteiger partial charge in [-0.2, -0.15) is 8.78 Å². The minimum absolute atomic E-state index is 0.0744. The predicted molar refractivity (Wildman–Crippen MR) is 63.7 cm³/mol. The van der Waals surface area contributed by atoms with Crippen LogP contribution in [0.2, 0.25) is 5.28 Å². The molecule has 0 fully saturated rings. The summed E-state index contributed by atoms with van der Waals surface area (Å²) in [6.45, 7) is -3.03. The summed E-state index contributed by atoms with van der Waals surface area (Å²) in [4.78, 5) is 15.4. The van der Waals surface area contributed by atoms with E-state index in [0.717, 1.165) is 6.07 Å². The predicted octanol–water partition coefficient (Wildman–Crippen LogP) is 2.61. The van der Waals surface area contributed by atoms with Gasteiger partial charge >= 0.3 is 12.6 Å². The van der Waals surface area contributed by atoms with Gasteiger partial charge < -0.3 is 14.0 Å². The maximum atomic E-state index is 12.4. The number of alkyl halides is 2. The molecule has 0 saturated carbocycles. The van der Waals surface area contributed by atoms with Crippen LogP contribution in [-0.4, -0.2) is 29.2 Å². The van der Waals surface area contributed by atoms with Crippen molar-refractivity contribution >= 4 is 28.6 Å². The molecule has 1 aromatic carbocycles. The second kappa shape index (κ2) is 5.00. The molecule has 8 heteroatoms. The summed E-state index contributed by atoms with van der Waals surface area (Å²) in [5, 5.41) is 0.0936. The summed E-state index contributed by atoms with van der Waals surface area (Å²) < 4.78 is 35.1. The number of methoxy groups -OCH3 is 1. The third-order valence-electron chi connectivity index (χ3n) is 2.53. The van der Waals surface area contributed by atoms with E-state index in [1.54, 1.807) is 7.05 Å². The molecule has 0 atom stereocenters. The molecule has 0 bridgehead atoms. The van der Waals surface area contributed by atoms with Crippen LogP contribution in [0.15, 0.2) is 12.1 Å². The molecule has 0 aliphatic carbocycles. The number of fused-ring (bicyclic) bond motifs is 1. The molecule has 0 N–H and O–H groups in total. The van der Waals surface area contributed by atoms with Gasteiger partial charge in [-0.15, -0.1) is 0 Å². The van der Waals surface area contributed by atoms with E-state index in [1.165, 1.54) is 17.7 Å². The van der Waals surface area contributed by atoms with Crippen LogP contribution in [-0.2, 0) is 11.8 Å². The fourth-order valence-electron chi connectivity index (χ4n) is 1.65. The normalized spacial score (nSPS) is 11.1. The molecule has 0 spiro atoms. The Morgan fingerprint density at radius 1 is 1.47 bits per heavy atom. The number of rotatable bonds is 3. The van der Waals surface area contributed by atoms with Gasteiger partial charge in [0.05, 0.1) is 18.2 Å². The molecule has 0 amide bonds. The van der Waals surface area contributed by atoms with Crippen molar-refractivity contribution in [2.45, 2.75) is 6.61 Å². The first-order valence-electron chi connectivity index (χ1n) is 5.13. The van der Waals surface area contributed by atoms with Crippen LogP contribution < -0.4 is 4.74 Å². The topological polar surface area (TPSA) is 53.4 Å². The Hall–Kier alpha value is -1.89. The number of nitrogens with zero attached hydrogens (tertiary/aromatic N) is 2. The van der Waals surface area contributed by atoms with E-state index in [2.05, 4.69) is 14.5 Å². The molecule has 5 nitrogen and oxygen atoms in total. The van der Waals surface area contributed by atoms with Crippen molar-refractivity contribution < 1.29 is 23.0 Å². The zero-order valence-electron chi connectivity index (χ0n) is 9.99. The standard InChI is InChI=1S/C11H9ClF2N2O3/c1-16-6-3-5(9(17)18-2)4-7(19-11(13)14)8(6)15-10(16)12/h3-4,11H,1-2H3. The van der Waals surface area contributed by atoms with E-state index in [9.17, 15) is 13.6 Å². The fourth-order valence-corrected chi connectivity index (χ4v) is 1.82. The minimum Gasteiger partial charge on any atom is -0.465 e. The lowest BCUT2D eigenvalue weighted by atomic mass is 10.2. The number of aryl methyl sites for hydroxylation is 1. The third-order valence-corrected chi connectivity index (χ3v) is 2.87. The summed E-state index contributed by atoms with van der Waals surface area (Å²) >= 11 is 5.82. The number of hydrogen-bond acceptors (Lipinski definition) is 4. The van der Waals surface area contributed by atoms with E-state index in [0.29, 0.717) is 5.52 Å². The Kier molecular flexibility index (Phi) is 3.57. The molecule has 19 heavy (non-hydrogen) atoms. The van der Waals surface area contributed by atoms with Crippen LogP contribution in [0.1, 0.15) is 10.4 Å². The Labute approximate surface area is 111 Å². The summed E-state index contributed by atoms with van der Waals surface area (Å²) in [6, 6.07) is 2.59. The van der Waals surface area contributed by atoms with Gasteiger partial charge in [0.1, 0.15) is 5.52 Å². The molecule has 0 saturated heterocycles. The first-order valence-corrected chi connectivity index (χ1v) is 5.51. The maximum Gasteiger partial charge on any atom is 0.387 e. The number of aromatic nitrogens is 2. The highest BCUT2D eigenvalue weighted by Gasteiger charge is 2.18. The number of carbonyl (C=O) groups excluding carboxylic acids is 1. The molecule has 0 radical (unpaired) electrons. The molecular formula is C11H9ClF2N2O3. The van der Waals surface area contributed by atoms with Crippen LogP contribution in [0, 0.1) is 0 Å². The molecule has 0 aliphatic heterocycles. The zero-order chi connectivity index (χ0) is 14.2. The summed E-state index contributed by atoms with van der Waals surface area (Å²) in [5.41, 5.74) is 0.620. The highest BCUT2D eigenvalue weighted by Crippen LogP contribution is 2.30. The van der Waals surface area contributed by atoms with Crippen molar-refractivity contribution in [2.24, 2.45) is 7.05 Å². The number of imidazole rings is 1. The van der Waals surface area contributed by atoms with Gasteiger partial charge in [-0.05, 0) is 23.7 Å². The van der Waals surface area contributed by atoms with Crippen molar-refractivity contribution in [1.29, 1.82) is 0 Å². The van der Waals surface area contributed by atoms with Gasteiger partial charge in [0, 0.05) is 7.05 Å². The number of halogens is 3. The second-order valence-corrected chi connectivity index (χ2v) is 3.99. The van der Waals surface area contributed by atoms with Crippen molar-refractivity contribution in [3.05, 3.63) is 23.0 Å². The maximum absolute atomic E-state index is 12.4. The number of esters is 1. The summed E-state index contributed by atoms with van der Waals surface area (Å²) in [5.74, 6) is -0.895. The number of hydrogen-bond donors (Lipinski definition) is 0. The van der Waals surface area contributed by atoms with E-state index in [1.807, 2.05) is 0 Å². The first kappa shape index (κ1) is 13.5. The number of ether oxygens (including phenoxy) is 2. The Bertz CT molecular complexity index is 642. The van der Waals surface area contributed by atoms with Crippen molar-refractivity contribution in [3.63, 3.8) is 0 Å². The zero-order valence-corrected chi connectivity index (χ0v) is 10.7. The molecule has 0 aliphatic rings. The Balaban J connectivity index is 2.68. The second-order valence-electron chi connectivity index (χ2n) is 3.65. The molecule has 2 aromatic rings. The molecule has 0 unspecified atom stereocenters.